The summed E-state index contributed by atoms with van der Waals surface area (Å²) in [5.41, 5.74) is 2.18. The van der Waals surface area contributed by atoms with E-state index in [9.17, 15) is 17.6 Å². The predicted molar refractivity (Wildman–Crippen MR) is 131 cm³/mol. The third-order valence-electron chi connectivity index (χ3n) is 6.97. The molecule has 1 fully saturated rings. The molecule has 1 atom stereocenters. The van der Waals surface area contributed by atoms with E-state index in [1.165, 1.54) is 27.3 Å². The van der Waals surface area contributed by atoms with Crippen molar-refractivity contribution in [3.05, 3.63) is 89.4 Å². The van der Waals surface area contributed by atoms with Crippen molar-refractivity contribution in [3.8, 4) is 5.69 Å². The summed E-state index contributed by atoms with van der Waals surface area (Å²) in [7, 11) is -2.39. The van der Waals surface area contributed by atoms with Crippen molar-refractivity contribution in [3.63, 3.8) is 0 Å². The van der Waals surface area contributed by atoms with E-state index >= 15 is 0 Å². The van der Waals surface area contributed by atoms with Crippen molar-refractivity contribution in [2.45, 2.75) is 17.9 Å². The number of aromatic nitrogens is 6. The second kappa shape index (κ2) is 8.53. The minimum absolute atomic E-state index is 0.0612. The van der Waals surface area contributed by atoms with Gasteiger partial charge in [0.25, 0.3) is 10.0 Å². The number of aryl methyl sites for hydroxylation is 1. The number of carbonyl (C=O) groups is 1. The van der Waals surface area contributed by atoms with Crippen LogP contribution in [-0.4, -0.2) is 61.4 Å². The fraction of sp³-hybridized carbons (Fsp3) is 0.240. The molecule has 0 spiro atoms. The maximum Gasteiger partial charge on any atom is 0.264 e. The summed E-state index contributed by atoms with van der Waals surface area (Å²) in [4.78, 5) is 18.3. The van der Waals surface area contributed by atoms with Gasteiger partial charge in [-0.05, 0) is 60.9 Å². The van der Waals surface area contributed by atoms with Gasteiger partial charge in [-0.2, -0.15) is 9.40 Å². The Balaban J connectivity index is 1.45. The van der Waals surface area contributed by atoms with Gasteiger partial charge in [-0.25, -0.2) is 17.5 Å². The van der Waals surface area contributed by atoms with Crippen LogP contribution in [0.4, 0.5) is 4.39 Å². The first-order chi connectivity index (χ1) is 17.8. The second-order valence-electron chi connectivity index (χ2n) is 9.23. The first-order valence-electron chi connectivity index (χ1n) is 11.6. The van der Waals surface area contributed by atoms with Gasteiger partial charge in [0, 0.05) is 26.3 Å². The highest BCUT2D eigenvalue weighted by molar-refractivity contribution is 7.89. The van der Waals surface area contributed by atoms with Gasteiger partial charge in [-0.1, -0.05) is 16.9 Å². The molecule has 2 aliphatic rings. The van der Waals surface area contributed by atoms with Crippen LogP contribution >= 0.6 is 0 Å². The zero-order valence-corrected chi connectivity index (χ0v) is 20.6. The van der Waals surface area contributed by atoms with E-state index in [1.54, 1.807) is 54.5 Å². The van der Waals surface area contributed by atoms with Crippen LogP contribution < -0.4 is 0 Å². The highest BCUT2D eigenvalue weighted by Gasteiger charge is 2.51. The summed E-state index contributed by atoms with van der Waals surface area (Å²) < 4.78 is 44.8. The largest absolute Gasteiger partial charge is 0.291 e. The number of pyridine rings is 1. The number of piperidine rings is 1. The number of sulfonamides is 1. The van der Waals surface area contributed by atoms with Crippen molar-refractivity contribution < 1.29 is 17.6 Å². The quantitative estimate of drug-likeness (QED) is 0.372. The van der Waals surface area contributed by atoms with Crippen molar-refractivity contribution in [1.82, 2.24) is 34.1 Å². The monoisotopic (exact) mass is 519 g/mol. The number of hydrogen-bond donors (Lipinski definition) is 0. The summed E-state index contributed by atoms with van der Waals surface area (Å²) in [5.74, 6) is -0.599. The van der Waals surface area contributed by atoms with E-state index in [4.69, 9.17) is 0 Å². The zero-order valence-electron chi connectivity index (χ0n) is 19.8. The number of rotatable bonds is 5. The highest BCUT2D eigenvalue weighted by atomic mass is 32.2. The molecule has 1 saturated heterocycles. The molecule has 0 amide bonds. The van der Waals surface area contributed by atoms with Crippen molar-refractivity contribution in [2.24, 2.45) is 12.5 Å². The molecule has 0 saturated carbocycles. The molecule has 4 heterocycles. The SMILES string of the molecule is Cn1cc(S(=O)(=O)N2CCC3=Cc4c(cnn4-c4ccc(F)cc4)CC3(C(=O)c3ccccn3)C2)nn1. The number of Topliss-reactive ketones (excluding diaryl/α,β-unsaturated/α-hetero) is 1. The topological polar surface area (TPSA) is 116 Å². The Kier molecular flexibility index (Phi) is 5.39. The minimum atomic E-state index is -3.98. The Morgan fingerprint density at radius 2 is 1.95 bits per heavy atom. The average Bonchev–Trinajstić information content (AvgIpc) is 3.53. The summed E-state index contributed by atoms with van der Waals surface area (Å²) in [6.07, 6.45) is 7.08. The maximum absolute atomic E-state index is 14.1. The summed E-state index contributed by atoms with van der Waals surface area (Å²) in [5, 5.41) is 11.9. The van der Waals surface area contributed by atoms with Gasteiger partial charge in [0.05, 0.1) is 29.2 Å². The van der Waals surface area contributed by atoms with Gasteiger partial charge in [-0.3, -0.25) is 14.5 Å². The zero-order chi connectivity index (χ0) is 25.8. The fourth-order valence-electron chi connectivity index (χ4n) is 5.13. The second-order valence-corrected chi connectivity index (χ2v) is 11.1. The lowest BCUT2D eigenvalue weighted by molar-refractivity contribution is 0.0770. The number of fused-ring (bicyclic) bond motifs is 2. The Morgan fingerprint density at radius 1 is 1.14 bits per heavy atom. The molecule has 10 nitrogen and oxygen atoms in total. The maximum atomic E-state index is 14.1. The summed E-state index contributed by atoms with van der Waals surface area (Å²) in [6.45, 7) is 0.121. The third-order valence-corrected chi connectivity index (χ3v) is 8.68. The molecule has 3 aromatic heterocycles. The molecule has 1 aliphatic carbocycles. The number of benzene rings is 1. The van der Waals surface area contributed by atoms with Crippen molar-refractivity contribution in [2.75, 3.05) is 13.1 Å². The van der Waals surface area contributed by atoms with Crippen LogP contribution in [0, 0.1) is 11.2 Å². The normalized spacial score (nSPS) is 19.7. The number of ketones is 1. The van der Waals surface area contributed by atoms with Crippen LogP contribution in [0.15, 0.2) is 71.7 Å². The molecule has 37 heavy (non-hydrogen) atoms. The Labute approximate surface area is 212 Å². The van der Waals surface area contributed by atoms with Crippen LogP contribution in [0.1, 0.15) is 28.2 Å². The average molecular weight is 520 g/mol. The molecule has 1 aromatic carbocycles. The third kappa shape index (κ3) is 3.80. The Hall–Kier alpha value is -4.03. The number of hydrogen-bond acceptors (Lipinski definition) is 7. The molecule has 1 aliphatic heterocycles. The van der Waals surface area contributed by atoms with Crippen LogP contribution in [0.25, 0.3) is 11.8 Å². The van der Waals surface area contributed by atoms with Gasteiger partial charge in [0.15, 0.2) is 5.78 Å². The van der Waals surface area contributed by atoms with E-state index in [0.29, 0.717) is 12.1 Å². The summed E-state index contributed by atoms with van der Waals surface area (Å²) in [6, 6.07) is 11.1. The molecule has 0 bridgehead atoms. The minimum Gasteiger partial charge on any atom is -0.291 e. The van der Waals surface area contributed by atoms with Crippen LogP contribution in [0.2, 0.25) is 0 Å². The molecule has 0 N–H and O–H groups in total. The lowest BCUT2D eigenvalue weighted by atomic mass is 9.65. The molecular weight excluding hydrogens is 497 g/mol. The smallest absolute Gasteiger partial charge is 0.264 e. The van der Waals surface area contributed by atoms with Gasteiger partial charge in [0.1, 0.15) is 11.5 Å². The van der Waals surface area contributed by atoms with E-state index in [2.05, 4.69) is 20.4 Å². The number of halogens is 1. The lowest BCUT2D eigenvalue weighted by Gasteiger charge is -2.44. The van der Waals surface area contributed by atoms with Crippen LogP contribution in [0.5, 0.6) is 0 Å². The van der Waals surface area contributed by atoms with Gasteiger partial charge in [-0.15, -0.1) is 5.10 Å². The molecule has 0 radical (unpaired) electrons. The molecule has 12 heteroatoms. The molecule has 6 rings (SSSR count). The van der Waals surface area contributed by atoms with E-state index < -0.39 is 15.4 Å². The fourth-order valence-corrected chi connectivity index (χ4v) is 6.54. The van der Waals surface area contributed by atoms with Crippen LogP contribution in [-0.2, 0) is 23.5 Å². The van der Waals surface area contributed by atoms with Crippen LogP contribution in [0.3, 0.4) is 0 Å². The molecule has 1 unspecified atom stereocenters. The van der Waals surface area contributed by atoms with Gasteiger partial charge < -0.3 is 0 Å². The standard InChI is InChI=1S/C25H22FN7O3S/c1-31-15-23(29-30-31)37(35,36)32-11-9-18-12-22-17(14-28-33(22)20-7-5-19(26)6-8-20)13-25(18,16-32)24(34)21-4-2-3-10-27-21/h2-8,10,12,14-15H,9,11,13,16H2,1H3. The predicted octanol–water partition coefficient (Wildman–Crippen LogP) is 2.44. The Morgan fingerprint density at radius 3 is 2.65 bits per heavy atom. The summed E-state index contributed by atoms with van der Waals surface area (Å²) >= 11 is 0. The number of nitrogens with zero attached hydrogens (tertiary/aromatic N) is 7. The molecular formula is C25H22FN7O3S. The molecule has 188 valence electrons. The highest BCUT2D eigenvalue weighted by Crippen LogP contribution is 2.47. The lowest BCUT2D eigenvalue weighted by Crippen LogP contribution is -2.53. The van der Waals surface area contributed by atoms with Gasteiger partial charge >= 0.3 is 0 Å². The van der Waals surface area contributed by atoms with E-state index in [0.717, 1.165) is 16.8 Å². The van der Waals surface area contributed by atoms with E-state index in [1.807, 2.05) is 6.08 Å². The van der Waals surface area contributed by atoms with Crippen molar-refractivity contribution in [1.29, 1.82) is 0 Å². The van der Waals surface area contributed by atoms with Gasteiger partial charge in [0.2, 0.25) is 5.03 Å². The number of carbonyl (C=O) groups excluding carboxylic acids is 1. The van der Waals surface area contributed by atoms with Crippen molar-refractivity contribution >= 4 is 21.9 Å². The molecule has 4 aromatic rings. The first kappa shape index (κ1) is 23.4. The van der Waals surface area contributed by atoms with E-state index in [-0.39, 0.29) is 41.8 Å². The Bertz CT molecular complexity index is 1640. The first-order valence-corrected chi connectivity index (χ1v) is 13.1.